The molecule has 6 nitrogen and oxygen atoms in total. The van der Waals surface area contributed by atoms with E-state index in [1.165, 1.54) is 0 Å². The molecule has 1 N–H and O–H groups in total. The molecule has 134 valence electrons. The molecule has 0 spiro atoms. The summed E-state index contributed by atoms with van der Waals surface area (Å²) in [5.74, 6) is 1.96. The van der Waals surface area contributed by atoms with E-state index in [0.717, 1.165) is 44.0 Å². The first kappa shape index (κ1) is 20.6. The lowest BCUT2D eigenvalue weighted by Gasteiger charge is -2.26. The zero-order valence-corrected chi connectivity index (χ0v) is 15.4. The van der Waals surface area contributed by atoms with Crippen LogP contribution in [0.4, 0.5) is 0 Å². The van der Waals surface area contributed by atoms with Crippen LogP contribution in [0.1, 0.15) is 5.69 Å². The molecule has 8 heteroatoms. The molecule has 1 aliphatic heterocycles. The molecule has 0 saturated carbocycles. The van der Waals surface area contributed by atoms with Crippen molar-refractivity contribution < 1.29 is 13.9 Å². The molecule has 1 aliphatic rings. The van der Waals surface area contributed by atoms with Crippen LogP contribution in [-0.4, -0.2) is 50.3 Å². The van der Waals surface area contributed by atoms with Crippen molar-refractivity contribution in [1.82, 2.24) is 15.2 Å². The van der Waals surface area contributed by atoms with E-state index >= 15 is 0 Å². The average Bonchev–Trinajstić information content (AvgIpc) is 3.03. The number of rotatable bonds is 5. The highest BCUT2D eigenvalue weighted by Crippen LogP contribution is 2.31. The second kappa shape index (κ2) is 9.74. The number of hydrogen-bond acceptors (Lipinski definition) is 6. The minimum absolute atomic E-state index is 0. The molecule has 1 saturated heterocycles. The maximum atomic E-state index is 5.62. The third-order valence-corrected chi connectivity index (χ3v) is 3.78. The van der Waals surface area contributed by atoms with Crippen LogP contribution in [0, 0.1) is 0 Å². The molecule has 0 atom stereocenters. The highest BCUT2D eigenvalue weighted by Gasteiger charge is 2.14. The lowest BCUT2D eigenvalue weighted by atomic mass is 10.2. The molecule has 0 amide bonds. The molecule has 2 heterocycles. The predicted octanol–water partition coefficient (Wildman–Crippen LogP) is 2.61. The zero-order chi connectivity index (χ0) is 15.4. The van der Waals surface area contributed by atoms with Crippen molar-refractivity contribution in [2.75, 3.05) is 40.4 Å². The summed E-state index contributed by atoms with van der Waals surface area (Å²) in [6.45, 7) is 4.95. The van der Waals surface area contributed by atoms with Gasteiger partial charge in [-0.05, 0) is 18.2 Å². The summed E-state index contributed by atoms with van der Waals surface area (Å²) >= 11 is 0. The van der Waals surface area contributed by atoms with Gasteiger partial charge in [-0.15, -0.1) is 24.8 Å². The van der Waals surface area contributed by atoms with E-state index in [4.69, 9.17) is 13.9 Å². The van der Waals surface area contributed by atoms with Crippen molar-refractivity contribution in [3.63, 3.8) is 0 Å². The molecule has 0 aliphatic carbocycles. The summed E-state index contributed by atoms with van der Waals surface area (Å²) < 4.78 is 16.2. The Balaban J connectivity index is 0.00000144. The van der Waals surface area contributed by atoms with Gasteiger partial charge in [0.1, 0.15) is 6.26 Å². The number of aromatic nitrogens is 1. The lowest BCUT2D eigenvalue weighted by molar-refractivity contribution is 0.230. The van der Waals surface area contributed by atoms with Crippen LogP contribution in [0.25, 0.3) is 11.5 Å². The molecular formula is C16H23Cl2N3O3. The van der Waals surface area contributed by atoms with Crippen LogP contribution in [0.5, 0.6) is 11.5 Å². The number of piperazine rings is 1. The molecule has 24 heavy (non-hydrogen) atoms. The molecule has 2 aromatic rings. The molecular weight excluding hydrogens is 353 g/mol. The molecule has 1 aromatic carbocycles. The quantitative estimate of drug-likeness (QED) is 0.866. The smallest absolute Gasteiger partial charge is 0.226 e. The van der Waals surface area contributed by atoms with Crippen molar-refractivity contribution in [2.45, 2.75) is 6.54 Å². The van der Waals surface area contributed by atoms with Crippen molar-refractivity contribution in [2.24, 2.45) is 0 Å². The summed E-state index contributed by atoms with van der Waals surface area (Å²) in [5.41, 5.74) is 1.83. The van der Waals surface area contributed by atoms with E-state index in [9.17, 15) is 0 Å². The second-order valence-corrected chi connectivity index (χ2v) is 5.24. The molecule has 0 unspecified atom stereocenters. The maximum absolute atomic E-state index is 5.62. The minimum atomic E-state index is 0. The first-order valence-corrected chi connectivity index (χ1v) is 7.40. The number of hydrogen-bond donors (Lipinski definition) is 1. The fourth-order valence-corrected chi connectivity index (χ4v) is 2.58. The van der Waals surface area contributed by atoms with Crippen LogP contribution in [0.15, 0.2) is 28.9 Å². The Morgan fingerprint density at radius 1 is 1.12 bits per heavy atom. The maximum Gasteiger partial charge on any atom is 0.226 e. The Hall–Kier alpha value is -1.47. The summed E-state index contributed by atoms with van der Waals surface area (Å²) in [4.78, 5) is 6.95. The number of oxazole rings is 1. The van der Waals surface area contributed by atoms with Gasteiger partial charge in [0.05, 0.1) is 19.9 Å². The van der Waals surface area contributed by atoms with Crippen LogP contribution in [-0.2, 0) is 6.54 Å². The second-order valence-electron chi connectivity index (χ2n) is 5.24. The third kappa shape index (κ3) is 4.77. The van der Waals surface area contributed by atoms with Crippen LogP contribution >= 0.6 is 24.8 Å². The highest BCUT2D eigenvalue weighted by molar-refractivity contribution is 5.85. The van der Waals surface area contributed by atoms with E-state index in [2.05, 4.69) is 15.2 Å². The number of methoxy groups -OCH3 is 2. The number of halogens is 2. The Morgan fingerprint density at radius 2 is 1.83 bits per heavy atom. The minimum Gasteiger partial charge on any atom is -0.493 e. The van der Waals surface area contributed by atoms with Crippen molar-refractivity contribution in [3.8, 4) is 23.0 Å². The van der Waals surface area contributed by atoms with Gasteiger partial charge in [0, 0.05) is 38.3 Å². The standard InChI is InChI=1S/C16H21N3O3.2ClH/c1-20-14-4-3-12(9-15(14)21-2)16-18-13(11-22-16)10-19-7-5-17-6-8-19;;/h3-4,9,11,17H,5-8,10H2,1-2H3;2*1H. The van der Waals surface area contributed by atoms with Gasteiger partial charge in [-0.2, -0.15) is 0 Å². The molecule has 1 fully saturated rings. The van der Waals surface area contributed by atoms with E-state index in [-0.39, 0.29) is 24.8 Å². The third-order valence-electron chi connectivity index (χ3n) is 3.78. The SMILES string of the molecule is COc1ccc(-c2nc(CN3CCNCC3)co2)cc1OC.Cl.Cl. The summed E-state index contributed by atoms with van der Waals surface area (Å²) in [5, 5.41) is 3.34. The van der Waals surface area contributed by atoms with Gasteiger partial charge >= 0.3 is 0 Å². The van der Waals surface area contributed by atoms with Crippen LogP contribution in [0.2, 0.25) is 0 Å². The number of nitrogens with one attached hydrogen (secondary N) is 1. The molecule has 0 bridgehead atoms. The fraction of sp³-hybridized carbons (Fsp3) is 0.438. The van der Waals surface area contributed by atoms with E-state index < -0.39 is 0 Å². The lowest BCUT2D eigenvalue weighted by Crippen LogP contribution is -2.42. The Morgan fingerprint density at radius 3 is 2.50 bits per heavy atom. The summed E-state index contributed by atoms with van der Waals surface area (Å²) in [6, 6.07) is 5.65. The fourth-order valence-electron chi connectivity index (χ4n) is 2.58. The zero-order valence-electron chi connectivity index (χ0n) is 13.8. The van der Waals surface area contributed by atoms with Gasteiger partial charge in [0.25, 0.3) is 0 Å². The number of ether oxygens (including phenoxy) is 2. The van der Waals surface area contributed by atoms with Crippen LogP contribution in [0.3, 0.4) is 0 Å². The van der Waals surface area contributed by atoms with E-state index in [1.54, 1.807) is 20.5 Å². The summed E-state index contributed by atoms with van der Waals surface area (Å²) in [6.07, 6.45) is 1.73. The average molecular weight is 376 g/mol. The monoisotopic (exact) mass is 375 g/mol. The molecule has 0 radical (unpaired) electrons. The molecule has 3 rings (SSSR count). The Labute approximate surface area is 154 Å². The Bertz CT molecular complexity index is 631. The van der Waals surface area contributed by atoms with Crippen molar-refractivity contribution in [1.29, 1.82) is 0 Å². The van der Waals surface area contributed by atoms with Crippen molar-refractivity contribution in [3.05, 3.63) is 30.2 Å². The van der Waals surface area contributed by atoms with Gasteiger partial charge in [0.2, 0.25) is 5.89 Å². The summed E-state index contributed by atoms with van der Waals surface area (Å²) in [7, 11) is 3.24. The van der Waals surface area contributed by atoms with E-state index in [1.807, 2.05) is 18.2 Å². The van der Waals surface area contributed by atoms with Gasteiger partial charge < -0.3 is 19.2 Å². The number of benzene rings is 1. The van der Waals surface area contributed by atoms with Crippen molar-refractivity contribution >= 4 is 24.8 Å². The van der Waals surface area contributed by atoms with E-state index in [0.29, 0.717) is 17.4 Å². The first-order chi connectivity index (χ1) is 10.8. The highest BCUT2D eigenvalue weighted by atomic mass is 35.5. The largest absolute Gasteiger partial charge is 0.493 e. The number of nitrogens with zero attached hydrogens (tertiary/aromatic N) is 2. The normalized spacial score (nSPS) is 14.4. The molecule has 1 aromatic heterocycles. The van der Waals surface area contributed by atoms with Gasteiger partial charge in [-0.3, -0.25) is 4.90 Å². The van der Waals surface area contributed by atoms with Gasteiger partial charge in [-0.1, -0.05) is 0 Å². The first-order valence-electron chi connectivity index (χ1n) is 7.40. The van der Waals surface area contributed by atoms with Gasteiger partial charge in [0.15, 0.2) is 11.5 Å². The Kier molecular flexibility index (Phi) is 8.35. The van der Waals surface area contributed by atoms with Crippen LogP contribution < -0.4 is 14.8 Å². The predicted molar refractivity (Wildman–Crippen MR) is 97.7 cm³/mol. The topological polar surface area (TPSA) is 59.8 Å². The van der Waals surface area contributed by atoms with Gasteiger partial charge in [-0.25, -0.2) is 4.98 Å².